The van der Waals surface area contributed by atoms with Crippen molar-refractivity contribution in [2.45, 2.75) is 38.4 Å². The number of halogens is 1. The zero-order chi connectivity index (χ0) is 10.7. The van der Waals surface area contributed by atoms with Crippen LogP contribution in [0, 0.1) is 0 Å². The zero-order valence-corrected chi connectivity index (χ0v) is 10.8. The molecule has 1 fully saturated rings. The van der Waals surface area contributed by atoms with Gasteiger partial charge in [0.2, 0.25) is 0 Å². The molecule has 82 valence electrons. The minimum Gasteiger partial charge on any atom is -0.373 e. The number of ketones is 1. The SMILES string of the molecule is O=C1CCC(OCc2sccc2Br)CC1. The van der Waals surface area contributed by atoms with E-state index in [2.05, 4.69) is 15.9 Å². The van der Waals surface area contributed by atoms with Crippen LogP contribution < -0.4 is 0 Å². The number of hydrogen-bond acceptors (Lipinski definition) is 3. The molecule has 2 rings (SSSR count). The Kier molecular flexibility index (Phi) is 3.94. The number of hydrogen-bond donors (Lipinski definition) is 0. The Hall–Kier alpha value is -0.190. The highest BCUT2D eigenvalue weighted by Crippen LogP contribution is 2.25. The molecule has 0 radical (unpaired) electrons. The predicted octanol–water partition coefficient (Wildman–Crippen LogP) is 3.54. The lowest BCUT2D eigenvalue weighted by Gasteiger charge is -2.21. The van der Waals surface area contributed by atoms with Crippen LogP contribution in [0.4, 0.5) is 0 Å². The van der Waals surface area contributed by atoms with Gasteiger partial charge in [-0.05, 0) is 40.2 Å². The van der Waals surface area contributed by atoms with E-state index in [4.69, 9.17) is 4.74 Å². The van der Waals surface area contributed by atoms with Crippen LogP contribution in [0.2, 0.25) is 0 Å². The summed E-state index contributed by atoms with van der Waals surface area (Å²) in [5, 5.41) is 2.05. The van der Waals surface area contributed by atoms with Gasteiger partial charge in [0.15, 0.2) is 0 Å². The summed E-state index contributed by atoms with van der Waals surface area (Å²) in [6.07, 6.45) is 3.44. The van der Waals surface area contributed by atoms with Gasteiger partial charge in [0.05, 0.1) is 12.7 Å². The molecule has 1 saturated carbocycles. The third-order valence-electron chi connectivity index (χ3n) is 2.63. The largest absolute Gasteiger partial charge is 0.373 e. The fraction of sp³-hybridized carbons (Fsp3) is 0.545. The third-order valence-corrected chi connectivity index (χ3v) is 4.53. The summed E-state index contributed by atoms with van der Waals surface area (Å²) in [5.74, 6) is 0.382. The van der Waals surface area contributed by atoms with Crippen molar-refractivity contribution in [3.63, 3.8) is 0 Å². The number of ether oxygens (including phenoxy) is 1. The van der Waals surface area contributed by atoms with E-state index in [1.54, 1.807) is 11.3 Å². The number of rotatable bonds is 3. The van der Waals surface area contributed by atoms with Crippen LogP contribution in [0.5, 0.6) is 0 Å². The summed E-state index contributed by atoms with van der Waals surface area (Å²) in [5.41, 5.74) is 0. The molecule has 1 aromatic rings. The standard InChI is InChI=1S/C11H13BrO2S/c12-10-5-6-15-11(10)7-14-9-3-1-8(13)2-4-9/h5-6,9H,1-4,7H2. The molecule has 4 heteroatoms. The third kappa shape index (κ3) is 3.13. The second kappa shape index (κ2) is 5.23. The Morgan fingerprint density at radius 1 is 1.47 bits per heavy atom. The van der Waals surface area contributed by atoms with Crippen molar-refractivity contribution >= 4 is 33.0 Å². The number of carbonyl (C=O) groups is 1. The van der Waals surface area contributed by atoms with E-state index in [-0.39, 0.29) is 6.10 Å². The molecular formula is C11H13BrO2S. The smallest absolute Gasteiger partial charge is 0.133 e. The van der Waals surface area contributed by atoms with E-state index in [1.807, 2.05) is 11.4 Å². The molecule has 0 N–H and O–H groups in total. The quantitative estimate of drug-likeness (QED) is 0.850. The molecule has 2 nitrogen and oxygen atoms in total. The summed E-state index contributed by atoms with van der Waals surface area (Å²) < 4.78 is 6.91. The molecule has 1 aliphatic rings. The molecule has 1 aliphatic carbocycles. The van der Waals surface area contributed by atoms with Crippen molar-refractivity contribution in [2.24, 2.45) is 0 Å². The number of thiophene rings is 1. The van der Waals surface area contributed by atoms with E-state index in [0.29, 0.717) is 25.2 Å². The van der Waals surface area contributed by atoms with Crippen molar-refractivity contribution in [3.05, 3.63) is 20.8 Å². The highest BCUT2D eigenvalue weighted by molar-refractivity contribution is 9.10. The first-order valence-corrected chi connectivity index (χ1v) is 6.78. The van der Waals surface area contributed by atoms with E-state index < -0.39 is 0 Å². The Balaban J connectivity index is 1.79. The molecule has 0 saturated heterocycles. The Morgan fingerprint density at radius 2 is 2.20 bits per heavy atom. The molecule has 1 heterocycles. The maximum atomic E-state index is 11.0. The zero-order valence-electron chi connectivity index (χ0n) is 8.37. The molecular weight excluding hydrogens is 276 g/mol. The molecule has 15 heavy (non-hydrogen) atoms. The van der Waals surface area contributed by atoms with Crippen molar-refractivity contribution < 1.29 is 9.53 Å². The summed E-state index contributed by atoms with van der Waals surface area (Å²) in [6.45, 7) is 0.664. The van der Waals surface area contributed by atoms with Crippen LogP contribution in [0.3, 0.4) is 0 Å². The van der Waals surface area contributed by atoms with Crippen molar-refractivity contribution in [2.75, 3.05) is 0 Å². The molecule has 0 amide bonds. The van der Waals surface area contributed by atoms with Gasteiger partial charge in [-0.1, -0.05) is 0 Å². The minimum atomic E-state index is 0.275. The van der Waals surface area contributed by atoms with Crippen LogP contribution in [-0.4, -0.2) is 11.9 Å². The number of Topliss-reactive ketones (excluding diaryl/α,β-unsaturated/α-hetero) is 1. The van der Waals surface area contributed by atoms with Gasteiger partial charge in [-0.3, -0.25) is 4.79 Å². The fourth-order valence-corrected chi connectivity index (χ4v) is 3.09. The molecule has 0 bridgehead atoms. The van der Waals surface area contributed by atoms with Crippen molar-refractivity contribution in [3.8, 4) is 0 Å². The summed E-state index contributed by atoms with van der Waals surface area (Å²) >= 11 is 5.18. The van der Waals surface area contributed by atoms with Crippen LogP contribution in [0.25, 0.3) is 0 Å². The lowest BCUT2D eigenvalue weighted by molar-refractivity contribution is -0.123. The second-order valence-corrected chi connectivity index (χ2v) is 5.60. The van der Waals surface area contributed by atoms with Gasteiger partial charge < -0.3 is 4.74 Å². The Morgan fingerprint density at radius 3 is 2.80 bits per heavy atom. The van der Waals surface area contributed by atoms with Crippen LogP contribution in [0.1, 0.15) is 30.6 Å². The fourth-order valence-electron chi connectivity index (χ4n) is 1.70. The Bertz CT molecular complexity index is 338. The highest BCUT2D eigenvalue weighted by atomic mass is 79.9. The first-order valence-electron chi connectivity index (χ1n) is 5.11. The highest BCUT2D eigenvalue weighted by Gasteiger charge is 2.19. The lowest BCUT2D eigenvalue weighted by atomic mass is 9.96. The topological polar surface area (TPSA) is 26.3 Å². The van der Waals surface area contributed by atoms with Gasteiger partial charge in [0.1, 0.15) is 5.78 Å². The van der Waals surface area contributed by atoms with Crippen LogP contribution in [-0.2, 0) is 16.1 Å². The predicted molar refractivity (Wildman–Crippen MR) is 64.1 cm³/mol. The first-order chi connectivity index (χ1) is 7.25. The van der Waals surface area contributed by atoms with Crippen molar-refractivity contribution in [1.82, 2.24) is 0 Å². The molecule has 0 unspecified atom stereocenters. The van der Waals surface area contributed by atoms with Gasteiger partial charge in [-0.15, -0.1) is 11.3 Å². The van der Waals surface area contributed by atoms with Gasteiger partial charge in [-0.2, -0.15) is 0 Å². The normalized spacial score (nSPS) is 18.3. The van der Waals surface area contributed by atoms with Gasteiger partial charge in [-0.25, -0.2) is 0 Å². The van der Waals surface area contributed by atoms with Gasteiger partial charge in [0.25, 0.3) is 0 Å². The minimum absolute atomic E-state index is 0.275. The lowest BCUT2D eigenvalue weighted by Crippen LogP contribution is -2.21. The van der Waals surface area contributed by atoms with Gasteiger partial charge >= 0.3 is 0 Å². The summed E-state index contributed by atoms with van der Waals surface area (Å²) in [4.78, 5) is 12.3. The summed E-state index contributed by atoms with van der Waals surface area (Å²) in [7, 11) is 0. The van der Waals surface area contributed by atoms with Gasteiger partial charge in [0, 0.05) is 22.2 Å². The van der Waals surface area contributed by atoms with Crippen molar-refractivity contribution in [1.29, 1.82) is 0 Å². The first kappa shape index (κ1) is 11.3. The Labute approximate surface area is 102 Å². The van der Waals surface area contributed by atoms with E-state index in [1.165, 1.54) is 4.88 Å². The molecule has 0 aromatic carbocycles. The average Bonchev–Trinajstić information content (AvgIpc) is 2.63. The maximum absolute atomic E-state index is 11.0. The van der Waals surface area contributed by atoms with Crippen LogP contribution in [0.15, 0.2) is 15.9 Å². The monoisotopic (exact) mass is 288 g/mol. The second-order valence-electron chi connectivity index (χ2n) is 3.74. The molecule has 0 spiro atoms. The number of carbonyl (C=O) groups excluding carboxylic acids is 1. The average molecular weight is 289 g/mol. The molecule has 0 aliphatic heterocycles. The van der Waals surface area contributed by atoms with E-state index in [9.17, 15) is 4.79 Å². The van der Waals surface area contributed by atoms with E-state index in [0.717, 1.165) is 17.3 Å². The van der Waals surface area contributed by atoms with E-state index >= 15 is 0 Å². The molecule has 1 aromatic heterocycles. The molecule has 0 atom stereocenters. The van der Waals surface area contributed by atoms with Crippen LogP contribution >= 0.6 is 27.3 Å². The summed E-state index contributed by atoms with van der Waals surface area (Å²) in [6, 6.07) is 2.04. The maximum Gasteiger partial charge on any atom is 0.133 e.